The molecule has 0 atom stereocenters. The van der Waals surface area contributed by atoms with Gasteiger partial charge in [-0.1, -0.05) is 12.1 Å². The molecule has 128 valence electrons. The molecule has 2 aromatic rings. The van der Waals surface area contributed by atoms with Crippen molar-refractivity contribution in [3.05, 3.63) is 47.9 Å². The van der Waals surface area contributed by atoms with Gasteiger partial charge in [0.05, 0.1) is 13.7 Å². The molecule has 0 spiro atoms. The van der Waals surface area contributed by atoms with Crippen molar-refractivity contribution in [3.63, 3.8) is 0 Å². The van der Waals surface area contributed by atoms with Crippen LogP contribution in [0.5, 0.6) is 11.5 Å². The van der Waals surface area contributed by atoms with E-state index < -0.39 is 5.91 Å². The van der Waals surface area contributed by atoms with Gasteiger partial charge in [0.15, 0.2) is 17.3 Å². The molecule has 2 rings (SSSR count). The molecule has 0 bridgehead atoms. The third-order valence-electron chi connectivity index (χ3n) is 3.11. The van der Waals surface area contributed by atoms with E-state index in [4.69, 9.17) is 13.9 Å². The van der Waals surface area contributed by atoms with Gasteiger partial charge in [-0.3, -0.25) is 9.59 Å². The van der Waals surface area contributed by atoms with Gasteiger partial charge >= 0.3 is 0 Å². The van der Waals surface area contributed by atoms with Crippen LogP contribution in [0.3, 0.4) is 0 Å². The van der Waals surface area contributed by atoms with E-state index in [-0.39, 0.29) is 24.8 Å². The number of carbonyl (C=O) groups is 2. The van der Waals surface area contributed by atoms with Gasteiger partial charge in [0.2, 0.25) is 5.91 Å². The zero-order valence-electron chi connectivity index (χ0n) is 13.6. The quantitative estimate of drug-likeness (QED) is 0.768. The summed E-state index contributed by atoms with van der Waals surface area (Å²) in [5.41, 5.74) is 0. The fourth-order valence-corrected chi connectivity index (χ4v) is 1.97. The minimum atomic E-state index is -0.454. The van der Waals surface area contributed by atoms with Gasteiger partial charge < -0.3 is 24.5 Å². The summed E-state index contributed by atoms with van der Waals surface area (Å²) in [5.74, 6) is 1.10. The van der Waals surface area contributed by atoms with Crippen molar-refractivity contribution >= 4 is 11.8 Å². The molecule has 0 fully saturated rings. The topological polar surface area (TPSA) is 89.8 Å². The smallest absolute Gasteiger partial charge is 0.287 e. The number of benzene rings is 1. The first kappa shape index (κ1) is 17.4. The second kappa shape index (κ2) is 8.61. The van der Waals surface area contributed by atoms with Crippen molar-refractivity contribution in [2.24, 2.45) is 0 Å². The first-order valence-electron chi connectivity index (χ1n) is 7.53. The lowest BCUT2D eigenvalue weighted by Crippen LogP contribution is -2.36. The molecule has 1 aromatic carbocycles. The number of hydrogen-bond acceptors (Lipinski definition) is 5. The van der Waals surface area contributed by atoms with Crippen LogP contribution in [0.15, 0.2) is 40.8 Å². The highest BCUT2D eigenvalue weighted by Gasteiger charge is 2.13. The second-order valence-corrected chi connectivity index (χ2v) is 4.84. The van der Waals surface area contributed by atoms with Crippen LogP contribution in [0, 0.1) is 0 Å². The predicted molar refractivity (Wildman–Crippen MR) is 87.1 cm³/mol. The van der Waals surface area contributed by atoms with Crippen LogP contribution in [-0.2, 0) is 11.4 Å². The highest BCUT2D eigenvalue weighted by Crippen LogP contribution is 2.26. The van der Waals surface area contributed by atoms with E-state index >= 15 is 0 Å². The van der Waals surface area contributed by atoms with Crippen molar-refractivity contribution in [2.45, 2.75) is 13.5 Å². The van der Waals surface area contributed by atoms with Crippen molar-refractivity contribution in [2.75, 3.05) is 20.2 Å². The Morgan fingerprint density at radius 2 is 1.83 bits per heavy atom. The molecular formula is C17H20N2O5. The number of methoxy groups -OCH3 is 1. The molecule has 7 nitrogen and oxygen atoms in total. The molecule has 24 heavy (non-hydrogen) atoms. The number of hydrogen-bond donors (Lipinski definition) is 2. The van der Waals surface area contributed by atoms with Crippen LogP contribution in [0.25, 0.3) is 0 Å². The molecule has 1 aromatic heterocycles. The molecule has 0 aliphatic heterocycles. The lowest BCUT2D eigenvalue weighted by molar-refractivity contribution is -0.120. The van der Waals surface area contributed by atoms with Gasteiger partial charge in [0, 0.05) is 6.54 Å². The SMILES string of the molecule is CCNC(=O)CNC(=O)c1ccc(COc2ccccc2OC)o1. The fourth-order valence-electron chi connectivity index (χ4n) is 1.97. The lowest BCUT2D eigenvalue weighted by Gasteiger charge is -2.08. The molecule has 1 heterocycles. The lowest BCUT2D eigenvalue weighted by atomic mass is 10.3. The van der Waals surface area contributed by atoms with E-state index in [1.165, 1.54) is 6.07 Å². The van der Waals surface area contributed by atoms with Crippen LogP contribution < -0.4 is 20.1 Å². The molecular weight excluding hydrogens is 312 g/mol. The number of para-hydroxylation sites is 2. The maximum atomic E-state index is 11.9. The number of nitrogens with one attached hydrogen (secondary N) is 2. The summed E-state index contributed by atoms with van der Waals surface area (Å²) in [6.07, 6.45) is 0. The first-order chi connectivity index (χ1) is 11.6. The zero-order valence-corrected chi connectivity index (χ0v) is 13.6. The summed E-state index contributed by atoms with van der Waals surface area (Å²) < 4.78 is 16.2. The molecule has 0 aliphatic carbocycles. The number of ether oxygens (including phenoxy) is 2. The molecule has 2 N–H and O–H groups in total. The largest absolute Gasteiger partial charge is 0.493 e. The maximum absolute atomic E-state index is 11.9. The highest BCUT2D eigenvalue weighted by molar-refractivity contribution is 5.94. The van der Waals surface area contributed by atoms with E-state index in [0.29, 0.717) is 23.8 Å². The Labute approximate surface area is 139 Å². The highest BCUT2D eigenvalue weighted by atomic mass is 16.5. The van der Waals surface area contributed by atoms with Crippen molar-refractivity contribution < 1.29 is 23.5 Å². The fraction of sp³-hybridized carbons (Fsp3) is 0.294. The third kappa shape index (κ3) is 4.77. The number of amides is 2. The molecule has 0 saturated carbocycles. The van der Waals surface area contributed by atoms with Gasteiger partial charge in [-0.05, 0) is 31.2 Å². The van der Waals surface area contributed by atoms with E-state index in [0.717, 1.165) is 0 Å². The molecule has 0 saturated heterocycles. The minimum Gasteiger partial charge on any atom is -0.493 e. The minimum absolute atomic E-state index is 0.0968. The van der Waals surface area contributed by atoms with E-state index in [1.54, 1.807) is 32.2 Å². The van der Waals surface area contributed by atoms with Gasteiger partial charge in [0.1, 0.15) is 12.4 Å². The standard InChI is InChI=1S/C17H20N2O5/c1-3-18-16(20)10-19-17(21)15-9-8-12(24-15)11-23-14-7-5-4-6-13(14)22-2/h4-9H,3,10-11H2,1-2H3,(H,18,20)(H,19,21). The number of carbonyl (C=O) groups excluding carboxylic acids is 2. The monoisotopic (exact) mass is 332 g/mol. The van der Waals surface area contributed by atoms with E-state index in [9.17, 15) is 9.59 Å². The summed E-state index contributed by atoms with van der Waals surface area (Å²) in [6.45, 7) is 2.38. The number of likely N-dealkylation sites (N-methyl/N-ethyl adjacent to an activating group) is 1. The van der Waals surface area contributed by atoms with Crippen LogP contribution >= 0.6 is 0 Å². The van der Waals surface area contributed by atoms with Crippen molar-refractivity contribution in [3.8, 4) is 11.5 Å². The predicted octanol–water partition coefficient (Wildman–Crippen LogP) is 1.73. The maximum Gasteiger partial charge on any atom is 0.287 e. The van der Waals surface area contributed by atoms with Crippen molar-refractivity contribution in [1.29, 1.82) is 0 Å². The summed E-state index contributed by atoms with van der Waals surface area (Å²) in [4.78, 5) is 23.2. The Hall–Kier alpha value is -2.96. The molecule has 7 heteroatoms. The Bertz CT molecular complexity index is 696. The third-order valence-corrected chi connectivity index (χ3v) is 3.11. The summed E-state index contributed by atoms with van der Waals surface area (Å²) >= 11 is 0. The van der Waals surface area contributed by atoms with Gasteiger partial charge in [-0.25, -0.2) is 0 Å². The summed E-state index contributed by atoms with van der Waals surface area (Å²) in [6, 6.07) is 10.4. The first-order valence-corrected chi connectivity index (χ1v) is 7.53. The van der Waals surface area contributed by atoms with Gasteiger partial charge in [-0.15, -0.1) is 0 Å². The summed E-state index contributed by atoms with van der Waals surface area (Å²) in [5, 5.41) is 5.07. The average Bonchev–Trinajstić information content (AvgIpc) is 3.07. The Morgan fingerprint density at radius 1 is 1.08 bits per heavy atom. The summed E-state index contributed by atoms with van der Waals surface area (Å²) in [7, 11) is 1.56. The zero-order chi connectivity index (χ0) is 17.4. The van der Waals surface area contributed by atoms with Crippen LogP contribution in [0.1, 0.15) is 23.2 Å². The normalized spacial score (nSPS) is 10.1. The number of rotatable bonds is 8. The molecule has 0 aliphatic rings. The van der Waals surface area contributed by atoms with Gasteiger partial charge in [0.25, 0.3) is 5.91 Å². The molecule has 0 radical (unpaired) electrons. The molecule has 0 unspecified atom stereocenters. The Kier molecular flexibility index (Phi) is 6.24. The average molecular weight is 332 g/mol. The Balaban J connectivity index is 1.88. The van der Waals surface area contributed by atoms with E-state index in [1.807, 2.05) is 12.1 Å². The Morgan fingerprint density at radius 3 is 2.54 bits per heavy atom. The van der Waals surface area contributed by atoms with Crippen molar-refractivity contribution in [1.82, 2.24) is 10.6 Å². The van der Waals surface area contributed by atoms with Crippen LogP contribution in [-0.4, -0.2) is 32.0 Å². The molecule has 2 amide bonds. The van der Waals surface area contributed by atoms with E-state index in [2.05, 4.69) is 10.6 Å². The van der Waals surface area contributed by atoms with Crippen LogP contribution in [0.2, 0.25) is 0 Å². The van der Waals surface area contributed by atoms with Crippen LogP contribution in [0.4, 0.5) is 0 Å². The number of furan rings is 1. The second-order valence-electron chi connectivity index (χ2n) is 4.84. The van der Waals surface area contributed by atoms with Gasteiger partial charge in [-0.2, -0.15) is 0 Å².